The molecule has 0 bridgehead atoms. The van der Waals surface area contributed by atoms with Crippen LogP contribution in [0.15, 0.2) is 75.3 Å². The van der Waals surface area contributed by atoms with Crippen molar-refractivity contribution in [1.29, 1.82) is 0 Å². The maximum absolute atomic E-state index is 13.2. The summed E-state index contributed by atoms with van der Waals surface area (Å²) in [6.45, 7) is 0. The molecule has 2 aromatic carbocycles. The number of aromatic nitrogens is 3. The van der Waals surface area contributed by atoms with Crippen LogP contribution in [-0.2, 0) is 5.75 Å². The van der Waals surface area contributed by atoms with Gasteiger partial charge in [-0.3, -0.25) is 9.36 Å². The molecule has 0 saturated heterocycles. The lowest BCUT2D eigenvalue weighted by Crippen LogP contribution is -2.21. The third-order valence-corrected chi connectivity index (χ3v) is 7.72. The van der Waals surface area contributed by atoms with E-state index in [1.807, 2.05) is 65.4 Å². The molecule has 0 amide bonds. The minimum Gasteiger partial charge on any atom is -0.493 e. The van der Waals surface area contributed by atoms with Gasteiger partial charge in [0, 0.05) is 11.1 Å². The number of rotatable bonds is 7. The second-order valence-corrected chi connectivity index (χ2v) is 9.68. The average molecular weight is 494 g/mol. The van der Waals surface area contributed by atoms with Gasteiger partial charge in [-0.2, -0.15) is 0 Å². The van der Waals surface area contributed by atoms with Gasteiger partial charge in [-0.15, -0.1) is 22.7 Å². The summed E-state index contributed by atoms with van der Waals surface area (Å²) in [6, 6.07) is 17.2. The summed E-state index contributed by atoms with van der Waals surface area (Å²) in [5.74, 6) is 1.91. The number of thiophene rings is 1. The van der Waals surface area contributed by atoms with Gasteiger partial charge in [0.25, 0.3) is 5.56 Å². The molecule has 0 radical (unpaired) electrons. The fourth-order valence-electron chi connectivity index (χ4n) is 3.49. The number of ether oxygens (including phenoxy) is 2. The summed E-state index contributed by atoms with van der Waals surface area (Å²) in [7, 11) is 3.25. The van der Waals surface area contributed by atoms with Crippen molar-refractivity contribution in [3.05, 3.63) is 81.4 Å². The molecule has 3 aromatic heterocycles. The number of para-hydroxylation sites is 2. The van der Waals surface area contributed by atoms with Crippen LogP contribution < -0.4 is 15.0 Å². The number of fused-ring (bicyclic) bond motifs is 1. The first-order valence-corrected chi connectivity index (χ1v) is 12.8. The van der Waals surface area contributed by atoms with Crippen molar-refractivity contribution in [2.45, 2.75) is 10.9 Å². The van der Waals surface area contributed by atoms with E-state index in [-0.39, 0.29) is 5.56 Å². The second-order valence-electron chi connectivity index (χ2n) is 6.98. The van der Waals surface area contributed by atoms with E-state index in [0.717, 1.165) is 26.8 Å². The van der Waals surface area contributed by atoms with Gasteiger partial charge in [-0.25, -0.2) is 9.97 Å². The van der Waals surface area contributed by atoms with Gasteiger partial charge in [0.05, 0.1) is 36.6 Å². The van der Waals surface area contributed by atoms with Crippen LogP contribution in [0.1, 0.15) is 5.69 Å². The first kappa shape index (κ1) is 21.7. The largest absolute Gasteiger partial charge is 0.493 e. The Morgan fingerprint density at radius 1 is 0.970 bits per heavy atom. The van der Waals surface area contributed by atoms with Gasteiger partial charge in [0.15, 0.2) is 16.7 Å². The Bertz CT molecular complexity index is 1470. The van der Waals surface area contributed by atoms with Crippen molar-refractivity contribution in [2.24, 2.45) is 0 Å². The number of methoxy groups -OCH3 is 2. The first-order chi connectivity index (χ1) is 16.2. The van der Waals surface area contributed by atoms with Gasteiger partial charge in [-0.05, 0) is 35.7 Å². The van der Waals surface area contributed by atoms with Crippen LogP contribution in [0, 0.1) is 0 Å². The fourth-order valence-corrected chi connectivity index (χ4v) is 6.14. The van der Waals surface area contributed by atoms with E-state index in [1.165, 1.54) is 23.1 Å². The van der Waals surface area contributed by atoms with Crippen molar-refractivity contribution >= 4 is 44.7 Å². The van der Waals surface area contributed by atoms with Gasteiger partial charge in [0.1, 0.15) is 9.84 Å². The van der Waals surface area contributed by atoms with Crippen LogP contribution in [0.4, 0.5) is 0 Å². The lowest BCUT2D eigenvalue weighted by atomic mass is 10.2. The van der Waals surface area contributed by atoms with Crippen molar-refractivity contribution in [2.75, 3.05) is 14.2 Å². The highest BCUT2D eigenvalue weighted by Gasteiger charge is 2.17. The molecule has 9 heteroatoms. The quantitative estimate of drug-likeness (QED) is 0.208. The molecule has 0 fully saturated rings. The maximum Gasteiger partial charge on any atom is 0.267 e. The Morgan fingerprint density at radius 2 is 1.82 bits per heavy atom. The summed E-state index contributed by atoms with van der Waals surface area (Å²) in [6.07, 6.45) is 0. The molecule has 5 rings (SSSR count). The Labute approximate surface area is 202 Å². The molecule has 0 unspecified atom stereocenters. The number of benzene rings is 2. The second kappa shape index (κ2) is 9.38. The highest BCUT2D eigenvalue weighted by atomic mass is 32.2. The number of thioether (sulfide) groups is 1. The third kappa shape index (κ3) is 4.15. The van der Waals surface area contributed by atoms with Crippen molar-refractivity contribution in [3.63, 3.8) is 0 Å². The summed E-state index contributed by atoms with van der Waals surface area (Å²) in [5, 5.41) is 6.06. The van der Waals surface area contributed by atoms with Crippen molar-refractivity contribution in [1.82, 2.24) is 14.5 Å². The highest BCUT2D eigenvalue weighted by Crippen LogP contribution is 2.39. The molecule has 3 heterocycles. The molecule has 166 valence electrons. The predicted molar refractivity (Wildman–Crippen MR) is 135 cm³/mol. The first-order valence-electron chi connectivity index (χ1n) is 10.0. The van der Waals surface area contributed by atoms with Gasteiger partial charge < -0.3 is 9.47 Å². The SMILES string of the molecule is COc1cccc(-c2nc(CSc3nc4sccc4c(=O)n3-c3ccccc3)cs2)c1OC. The standard InChI is InChI=1S/C24H19N3O3S3/c1-29-19-10-6-9-17(20(19)30-2)21-25-15(13-32-21)14-33-24-26-22-18(11-12-31-22)23(28)27(24)16-7-4-3-5-8-16/h3-13H,14H2,1-2H3. The molecule has 0 N–H and O–H groups in total. The van der Waals surface area contributed by atoms with E-state index in [1.54, 1.807) is 30.1 Å². The normalized spacial score (nSPS) is 11.1. The molecular formula is C24H19N3O3S3. The molecule has 5 aromatic rings. The summed E-state index contributed by atoms with van der Waals surface area (Å²) in [4.78, 5) is 23.6. The minimum atomic E-state index is -0.0602. The van der Waals surface area contributed by atoms with Crippen molar-refractivity contribution in [3.8, 4) is 27.8 Å². The van der Waals surface area contributed by atoms with Crippen LogP contribution in [-0.4, -0.2) is 28.8 Å². The number of nitrogens with zero attached hydrogens (tertiary/aromatic N) is 3. The molecule has 0 saturated carbocycles. The van der Waals surface area contributed by atoms with E-state index >= 15 is 0 Å². The van der Waals surface area contributed by atoms with E-state index in [0.29, 0.717) is 27.8 Å². The number of hydrogen-bond acceptors (Lipinski definition) is 8. The zero-order valence-electron chi connectivity index (χ0n) is 17.8. The molecular weight excluding hydrogens is 474 g/mol. The molecule has 0 aliphatic heterocycles. The summed E-state index contributed by atoms with van der Waals surface area (Å²) in [5.41, 5.74) is 2.53. The highest BCUT2D eigenvalue weighted by molar-refractivity contribution is 7.98. The zero-order chi connectivity index (χ0) is 22.8. The lowest BCUT2D eigenvalue weighted by Gasteiger charge is -2.11. The fraction of sp³-hybridized carbons (Fsp3) is 0.125. The van der Waals surface area contributed by atoms with E-state index in [9.17, 15) is 4.79 Å². The number of hydrogen-bond donors (Lipinski definition) is 0. The molecule has 6 nitrogen and oxygen atoms in total. The lowest BCUT2D eigenvalue weighted by molar-refractivity contribution is 0.356. The topological polar surface area (TPSA) is 66.2 Å². The zero-order valence-corrected chi connectivity index (χ0v) is 20.3. The monoisotopic (exact) mass is 493 g/mol. The predicted octanol–water partition coefficient (Wildman–Crippen LogP) is 5.88. The molecule has 0 spiro atoms. The van der Waals surface area contributed by atoms with E-state index < -0.39 is 0 Å². The number of thiazole rings is 1. The van der Waals surface area contributed by atoms with Crippen LogP contribution >= 0.6 is 34.4 Å². The molecule has 0 atom stereocenters. The molecule has 33 heavy (non-hydrogen) atoms. The van der Waals surface area contributed by atoms with Gasteiger partial charge >= 0.3 is 0 Å². The smallest absolute Gasteiger partial charge is 0.267 e. The van der Waals surface area contributed by atoms with Gasteiger partial charge in [0.2, 0.25) is 0 Å². The average Bonchev–Trinajstić information content (AvgIpc) is 3.52. The maximum atomic E-state index is 13.2. The van der Waals surface area contributed by atoms with Crippen molar-refractivity contribution < 1.29 is 9.47 Å². The van der Waals surface area contributed by atoms with Crippen LogP contribution in [0.3, 0.4) is 0 Å². The van der Waals surface area contributed by atoms with E-state index in [4.69, 9.17) is 19.4 Å². The van der Waals surface area contributed by atoms with Crippen LogP contribution in [0.2, 0.25) is 0 Å². The Balaban J connectivity index is 1.48. The minimum absolute atomic E-state index is 0.0602. The Morgan fingerprint density at radius 3 is 2.61 bits per heavy atom. The summed E-state index contributed by atoms with van der Waals surface area (Å²) >= 11 is 4.52. The Hall–Kier alpha value is -3.14. The summed E-state index contributed by atoms with van der Waals surface area (Å²) < 4.78 is 12.7. The third-order valence-electron chi connectivity index (χ3n) is 5.02. The van der Waals surface area contributed by atoms with Gasteiger partial charge in [-0.1, -0.05) is 36.0 Å². The van der Waals surface area contributed by atoms with E-state index in [2.05, 4.69) is 0 Å². The van der Waals surface area contributed by atoms with Crippen LogP contribution in [0.25, 0.3) is 26.5 Å². The van der Waals surface area contributed by atoms with Crippen LogP contribution in [0.5, 0.6) is 11.5 Å². The molecule has 0 aliphatic rings. The molecule has 0 aliphatic carbocycles. The Kier molecular flexibility index (Phi) is 6.17.